The molecule has 2 amide bonds. The first kappa shape index (κ1) is 18.6. The second kappa shape index (κ2) is 8.03. The van der Waals surface area contributed by atoms with Gasteiger partial charge in [0.2, 0.25) is 0 Å². The van der Waals surface area contributed by atoms with E-state index < -0.39 is 5.82 Å². The molecule has 0 atom stereocenters. The maximum atomic E-state index is 13.3. The normalized spacial score (nSPS) is 14.1. The van der Waals surface area contributed by atoms with Gasteiger partial charge in [-0.15, -0.1) is 0 Å². The van der Waals surface area contributed by atoms with Gasteiger partial charge in [-0.05, 0) is 43.2 Å². The molecule has 2 aromatic carbocycles. The van der Waals surface area contributed by atoms with Gasteiger partial charge in [0.25, 0.3) is 11.8 Å². The second-order valence-corrected chi connectivity index (χ2v) is 6.10. The highest BCUT2D eigenvalue weighted by Gasteiger charge is 2.38. The number of imide groups is 1. The summed E-state index contributed by atoms with van der Waals surface area (Å²) in [4.78, 5) is 26.9. The minimum atomic E-state index is -0.402. The van der Waals surface area contributed by atoms with Crippen LogP contribution in [0.5, 0.6) is 5.75 Å². The molecule has 1 heterocycles. The van der Waals surface area contributed by atoms with Crippen molar-refractivity contribution >= 4 is 23.1 Å². The predicted molar refractivity (Wildman–Crippen MR) is 102 cm³/mol. The average Bonchev–Trinajstić information content (AvgIpc) is 2.88. The zero-order valence-corrected chi connectivity index (χ0v) is 15.3. The van der Waals surface area contributed by atoms with Gasteiger partial charge in [-0.25, -0.2) is 4.39 Å². The topological polar surface area (TPSA) is 58.6 Å². The summed E-state index contributed by atoms with van der Waals surface area (Å²) in [7, 11) is 0. The third-order valence-corrected chi connectivity index (χ3v) is 4.16. The number of nitrogens with zero attached hydrogens (tertiary/aromatic N) is 1. The average molecular weight is 368 g/mol. The van der Waals surface area contributed by atoms with Crippen molar-refractivity contribution in [2.24, 2.45) is 0 Å². The molecule has 0 unspecified atom stereocenters. The molecule has 0 fully saturated rings. The molecule has 2 aromatic rings. The summed E-state index contributed by atoms with van der Waals surface area (Å²) < 4.78 is 18.8. The number of carbonyl (C=O) groups is 2. The van der Waals surface area contributed by atoms with E-state index in [2.05, 4.69) is 5.32 Å². The fourth-order valence-corrected chi connectivity index (χ4v) is 2.98. The molecule has 3 rings (SSSR count). The number of carbonyl (C=O) groups excluding carboxylic acids is 2. The number of anilines is 1. The molecule has 1 N–H and O–H groups in total. The van der Waals surface area contributed by atoms with Gasteiger partial charge in [-0.2, -0.15) is 0 Å². The van der Waals surface area contributed by atoms with Crippen LogP contribution in [0.15, 0.2) is 54.2 Å². The molecule has 0 radical (unpaired) electrons. The van der Waals surface area contributed by atoms with Gasteiger partial charge < -0.3 is 10.1 Å². The molecule has 5 nitrogen and oxygen atoms in total. The molecule has 0 saturated heterocycles. The van der Waals surface area contributed by atoms with E-state index in [-0.39, 0.29) is 23.1 Å². The Kier molecular flexibility index (Phi) is 5.54. The van der Waals surface area contributed by atoms with E-state index in [0.29, 0.717) is 36.6 Å². The van der Waals surface area contributed by atoms with Crippen molar-refractivity contribution in [3.63, 3.8) is 0 Å². The maximum Gasteiger partial charge on any atom is 0.278 e. The molecule has 27 heavy (non-hydrogen) atoms. The van der Waals surface area contributed by atoms with Crippen LogP contribution < -0.4 is 10.1 Å². The highest BCUT2D eigenvalue weighted by atomic mass is 19.1. The number of amides is 2. The van der Waals surface area contributed by atoms with Crippen molar-refractivity contribution in [2.45, 2.75) is 20.3 Å². The Morgan fingerprint density at radius 2 is 1.78 bits per heavy atom. The Hall–Kier alpha value is -3.15. The van der Waals surface area contributed by atoms with Gasteiger partial charge in [0, 0.05) is 18.3 Å². The number of rotatable bonds is 7. The highest BCUT2D eigenvalue weighted by molar-refractivity contribution is 6.36. The highest BCUT2D eigenvalue weighted by Crippen LogP contribution is 2.31. The maximum absolute atomic E-state index is 13.3. The molecule has 0 bridgehead atoms. The molecule has 0 aliphatic carbocycles. The number of benzene rings is 2. The zero-order valence-electron chi connectivity index (χ0n) is 15.3. The third kappa shape index (κ3) is 3.84. The molecule has 0 aromatic heterocycles. The van der Waals surface area contributed by atoms with Crippen molar-refractivity contribution in [2.75, 3.05) is 18.5 Å². The Balaban J connectivity index is 2.02. The van der Waals surface area contributed by atoms with Gasteiger partial charge in [-0.1, -0.05) is 25.1 Å². The van der Waals surface area contributed by atoms with E-state index in [1.165, 1.54) is 29.2 Å². The standard InChI is InChI=1S/C21H21FN2O3/c1-3-12-24-20(25)18(14-8-10-15(22)11-9-14)19(21(24)26)23-16-6-5-7-17(13-16)27-4-2/h5-11,13,23H,3-4,12H2,1-2H3. The largest absolute Gasteiger partial charge is 0.494 e. The van der Waals surface area contributed by atoms with Gasteiger partial charge in [0.05, 0.1) is 12.2 Å². The van der Waals surface area contributed by atoms with E-state index >= 15 is 0 Å². The lowest BCUT2D eigenvalue weighted by molar-refractivity contribution is -0.136. The molecular weight excluding hydrogens is 347 g/mol. The first-order chi connectivity index (χ1) is 13.0. The first-order valence-corrected chi connectivity index (χ1v) is 8.91. The number of hydrogen-bond acceptors (Lipinski definition) is 4. The minimum Gasteiger partial charge on any atom is -0.494 e. The predicted octanol–water partition coefficient (Wildman–Crippen LogP) is 3.83. The SMILES string of the molecule is CCCN1C(=O)C(Nc2cccc(OCC)c2)=C(c2ccc(F)cc2)C1=O. The van der Waals surface area contributed by atoms with E-state index in [1.54, 1.807) is 18.2 Å². The van der Waals surface area contributed by atoms with Gasteiger partial charge in [0.1, 0.15) is 17.3 Å². The number of nitrogens with one attached hydrogen (secondary N) is 1. The molecule has 140 valence electrons. The van der Waals surface area contributed by atoms with Crippen LogP contribution in [0.4, 0.5) is 10.1 Å². The summed E-state index contributed by atoms with van der Waals surface area (Å²) in [5, 5.41) is 3.07. The summed E-state index contributed by atoms with van der Waals surface area (Å²) in [6.07, 6.45) is 0.654. The molecule has 0 saturated carbocycles. The summed E-state index contributed by atoms with van der Waals surface area (Å²) in [5.74, 6) is -0.506. The van der Waals surface area contributed by atoms with Crippen molar-refractivity contribution in [3.05, 3.63) is 65.6 Å². The van der Waals surface area contributed by atoms with Crippen LogP contribution in [0.3, 0.4) is 0 Å². The number of hydrogen-bond donors (Lipinski definition) is 1. The monoisotopic (exact) mass is 368 g/mol. The molecule has 1 aliphatic heterocycles. The zero-order chi connectivity index (χ0) is 19.4. The summed E-state index contributed by atoms with van der Waals surface area (Å²) in [6.45, 7) is 4.63. The van der Waals surface area contributed by atoms with E-state index in [4.69, 9.17) is 4.74 Å². The van der Waals surface area contributed by atoms with Gasteiger partial charge >= 0.3 is 0 Å². The van der Waals surface area contributed by atoms with Crippen molar-refractivity contribution in [1.82, 2.24) is 4.90 Å². The first-order valence-electron chi connectivity index (χ1n) is 8.91. The smallest absolute Gasteiger partial charge is 0.278 e. The lowest BCUT2D eigenvalue weighted by atomic mass is 10.0. The van der Waals surface area contributed by atoms with Crippen LogP contribution in [0, 0.1) is 5.82 Å². The number of halogens is 1. The van der Waals surface area contributed by atoms with Crippen LogP contribution in [-0.4, -0.2) is 29.9 Å². The van der Waals surface area contributed by atoms with Crippen LogP contribution >= 0.6 is 0 Å². The fraction of sp³-hybridized carbons (Fsp3) is 0.238. The molecular formula is C21H21FN2O3. The summed E-state index contributed by atoms with van der Waals surface area (Å²) in [6, 6.07) is 12.7. The lowest BCUT2D eigenvalue weighted by Gasteiger charge is -2.14. The molecule has 6 heteroatoms. The van der Waals surface area contributed by atoms with E-state index in [0.717, 1.165) is 0 Å². The Bertz CT molecular complexity index is 891. The Morgan fingerprint density at radius 1 is 1.04 bits per heavy atom. The quantitative estimate of drug-likeness (QED) is 0.755. The van der Waals surface area contributed by atoms with Crippen LogP contribution in [0.1, 0.15) is 25.8 Å². The van der Waals surface area contributed by atoms with Crippen LogP contribution in [0.2, 0.25) is 0 Å². The van der Waals surface area contributed by atoms with Crippen molar-refractivity contribution in [3.8, 4) is 5.75 Å². The minimum absolute atomic E-state index is 0.189. The van der Waals surface area contributed by atoms with E-state index in [1.807, 2.05) is 19.9 Å². The Morgan fingerprint density at radius 3 is 2.44 bits per heavy atom. The number of ether oxygens (including phenoxy) is 1. The van der Waals surface area contributed by atoms with Crippen molar-refractivity contribution < 1.29 is 18.7 Å². The third-order valence-electron chi connectivity index (χ3n) is 4.16. The fourth-order valence-electron chi connectivity index (χ4n) is 2.98. The van der Waals surface area contributed by atoms with Gasteiger partial charge in [0.15, 0.2) is 0 Å². The van der Waals surface area contributed by atoms with Gasteiger partial charge in [-0.3, -0.25) is 14.5 Å². The second-order valence-electron chi connectivity index (χ2n) is 6.10. The summed E-state index contributed by atoms with van der Waals surface area (Å²) >= 11 is 0. The van der Waals surface area contributed by atoms with Crippen molar-refractivity contribution in [1.29, 1.82) is 0 Å². The molecule has 0 spiro atoms. The van der Waals surface area contributed by atoms with Crippen LogP contribution in [0.25, 0.3) is 5.57 Å². The lowest BCUT2D eigenvalue weighted by Crippen LogP contribution is -2.33. The molecule has 1 aliphatic rings. The summed E-state index contributed by atoms with van der Waals surface area (Å²) in [5.41, 5.74) is 1.57. The Labute approximate surface area is 157 Å². The van der Waals surface area contributed by atoms with E-state index in [9.17, 15) is 14.0 Å². The van der Waals surface area contributed by atoms with Crippen LogP contribution in [-0.2, 0) is 9.59 Å².